The van der Waals surface area contributed by atoms with E-state index >= 15 is 0 Å². The second-order valence-corrected chi connectivity index (χ2v) is 8.02. The number of halogens is 1. The van der Waals surface area contributed by atoms with Crippen LogP contribution in [0.2, 0.25) is 0 Å². The van der Waals surface area contributed by atoms with Gasteiger partial charge in [-0.25, -0.2) is 0 Å². The van der Waals surface area contributed by atoms with Crippen molar-refractivity contribution in [3.63, 3.8) is 0 Å². The standard InChI is InChI=1S/C21H22IN3/c22-21-11-17(25-16-8-6-15(23)7-9-16)10-18-19(12-24-13-20(18)21)14-4-2-1-3-5-14/h1-5,10-13,15-16,25H,6-9,23H2. The second-order valence-electron chi connectivity index (χ2n) is 6.86. The maximum atomic E-state index is 6.04. The van der Waals surface area contributed by atoms with E-state index in [9.17, 15) is 0 Å². The molecule has 128 valence electrons. The topological polar surface area (TPSA) is 50.9 Å². The Kier molecular flexibility index (Phi) is 4.90. The first kappa shape index (κ1) is 16.8. The first-order valence-corrected chi connectivity index (χ1v) is 9.93. The maximum Gasteiger partial charge on any atom is 0.0359 e. The normalized spacial score (nSPS) is 20.6. The van der Waals surface area contributed by atoms with Gasteiger partial charge in [0, 0.05) is 44.7 Å². The fourth-order valence-electron chi connectivity index (χ4n) is 3.66. The summed E-state index contributed by atoms with van der Waals surface area (Å²) in [5.74, 6) is 0. The summed E-state index contributed by atoms with van der Waals surface area (Å²) in [6.45, 7) is 0. The molecule has 3 N–H and O–H groups in total. The lowest BCUT2D eigenvalue weighted by Crippen LogP contribution is -2.32. The third-order valence-electron chi connectivity index (χ3n) is 5.05. The van der Waals surface area contributed by atoms with Crippen molar-refractivity contribution in [2.24, 2.45) is 5.73 Å². The molecule has 0 amide bonds. The van der Waals surface area contributed by atoms with E-state index in [2.05, 4.69) is 69.3 Å². The van der Waals surface area contributed by atoms with Crippen molar-refractivity contribution in [2.75, 3.05) is 5.32 Å². The van der Waals surface area contributed by atoms with Crippen LogP contribution in [0, 0.1) is 3.57 Å². The third kappa shape index (κ3) is 3.65. The van der Waals surface area contributed by atoms with Gasteiger partial charge < -0.3 is 11.1 Å². The van der Waals surface area contributed by atoms with Gasteiger partial charge in [-0.15, -0.1) is 0 Å². The van der Waals surface area contributed by atoms with Crippen LogP contribution in [0.15, 0.2) is 54.9 Å². The summed E-state index contributed by atoms with van der Waals surface area (Å²) in [4.78, 5) is 4.46. The Balaban J connectivity index is 1.72. The Bertz CT molecular complexity index is 871. The minimum atomic E-state index is 0.380. The minimum Gasteiger partial charge on any atom is -0.382 e. The van der Waals surface area contributed by atoms with Crippen molar-refractivity contribution in [1.82, 2.24) is 4.98 Å². The molecule has 0 radical (unpaired) electrons. The van der Waals surface area contributed by atoms with Crippen molar-refractivity contribution in [3.8, 4) is 11.1 Å². The highest BCUT2D eigenvalue weighted by molar-refractivity contribution is 14.1. The quantitative estimate of drug-likeness (QED) is 0.548. The Hall–Kier alpha value is -1.66. The smallest absolute Gasteiger partial charge is 0.0359 e. The van der Waals surface area contributed by atoms with Crippen molar-refractivity contribution in [1.29, 1.82) is 0 Å². The molecule has 0 spiro atoms. The van der Waals surface area contributed by atoms with Gasteiger partial charge in [-0.2, -0.15) is 0 Å². The summed E-state index contributed by atoms with van der Waals surface area (Å²) in [5, 5.41) is 6.19. The largest absolute Gasteiger partial charge is 0.382 e. The molecule has 4 rings (SSSR count). The van der Waals surface area contributed by atoms with E-state index < -0.39 is 0 Å². The number of anilines is 1. The van der Waals surface area contributed by atoms with E-state index in [1.807, 2.05) is 18.5 Å². The van der Waals surface area contributed by atoms with Crippen LogP contribution in [-0.4, -0.2) is 17.1 Å². The number of hydrogen-bond acceptors (Lipinski definition) is 3. The fourth-order valence-corrected chi connectivity index (χ4v) is 4.42. The van der Waals surface area contributed by atoms with E-state index in [1.165, 1.54) is 31.2 Å². The predicted molar refractivity (Wildman–Crippen MR) is 114 cm³/mol. The molecule has 2 aromatic carbocycles. The molecule has 0 atom stereocenters. The SMILES string of the molecule is NC1CCC(Nc2cc(I)c3cncc(-c4ccccc4)c3c2)CC1. The van der Waals surface area contributed by atoms with Crippen LogP contribution in [0.5, 0.6) is 0 Å². The number of rotatable bonds is 3. The molecule has 1 fully saturated rings. The summed E-state index contributed by atoms with van der Waals surface area (Å²) in [7, 11) is 0. The monoisotopic (exact) mass is 443 g/mol. The number of nitrogens with zero attached hydrogens (tertiary/aromatic N) is 1. The van der Waals surface area contributed by atoms with Gasteiger partial charge in [-0.05, 0) is 71.4 Å². The van der Waals surface area contributed by atoms with Gasteiger partial charge in [0.2, 0.25) is 0 Å². The zero-order chi connectivity index (χ0) is 17.2. The van der Waals surface area contributed by atoms with Crippen molar-refractivity contribution in [2.45, 2.75) is 37.8 Å². The van der Waals surface area contributed by atoms with Gasteiger partial charge in [0.15, 0.2) is 0 Å². The molecule has 0 aliphatic heterocycles. The molecule has 0 unspecified atom stereocenters. The summed E-state index contributed by atoms with van der Waals surface area (Å²) in [6, 6.07) is 15.9. The molecule has 1 heterocycles. The van der Waals surface area contributed by atoms with Crippen molar-refractivity contribution in [3.05, 3.63) is 58.4 Å². The average molecular weight is 443 g/mol. The molecule has 1 saturated carbocycles. The maximum absolute atomic E-state index is 6.04. The third-order valence-corrected chi connectivity index (χ3v) is 5.95. The molecule has 1 aromatic heterocycles. The van der Waals surface area contributed by atoms with E-state index in [0.717, 1.165) is 25.7 Å². The molecule has 0 bridgehead atoms. The average Bonchev–Trinajstić information content (AvgIpc) is 2.64. The van der Waals surface area contributed by atoms with Gasteiger partial charge in [-0.1, -0.05) is 30.3 Å². The lowest BCUT2D eigenvalue weighted by Gasteiger charge is -2.28. The lowest BCUT2D eigenvalue weighted by atomic mass is 9.91. The summed E-state index contributed by atoms with van der Waals surface area (Å²) < 4.78 is 1.23. The van der Waals surface area contributed by atoms with Crippen LogP contribution in [0.25, 0.3) is 21.9 Å². The number of nitrogens with one attached hydrogen (secondary N) is 1. The molecule has 25 heavy (non-hydrogen) atoms. The molecule has 3 nitrogen and oxygen atoms in total. The summed E-state index contributed by atoms with van der Waals surface area (Å²) in [5.41, 5.74) is 9.62. The Morgan fingerprint density at radius 3 is 2.48 bits per heavy atom. The van der Waals surface area contributed by atoms with Crippen LogP contribution in [0.3, 0.4) is 0 Å². The van der Waals surface area contributed by atoms with Gasteiger partial charge in [0.1, 0.15) is 0 Å². The van der Waals surface area contributed by atoms with E-state index in [1.54, 1.807) is 0 Å². The zero-order valence-corrected chi connectivity index (χ0v) is 16.2. The van der Waals surface area contributed by atoms with Crippen molar-refractivity contribution >= 4 is 39.1 Å². The molecule has 1 aliphatic rings. The van der Waals surface area contributed by atoms with Gasteiger partial charge >= 0.3 is 0 Å². The number of pyridine rings is 1. The van der Waals surface area contributed by atoms with E-state index in [-0.39, 0.29) is 0 Å². The van der Waals surface area contributed by atoms with Crippen LogP contribution in [-0.2, 0) is 0 Å². The van der Waals surface area contributed by atoms with Gasteiger partial charge in [0.05, 0.1) is 0 Å². The number of benzene rings is 2. The molecule has 3 aromatic rings. The second kappa shape index (κ2) is 7.30. The van der Waals surface area contributed by atoms with E-state index in [0.29, 0.717) is 12.1 Å². The molecule has 4 heteroatoms. The summed E-state index contributed by atoms with van der Waals surface area (Å²) >= 11 is 2.42. The molecular weight excluding hydrogens is 421 g/mol. The first-order chi connectivity index (χ1) is 12.2. The number of fused-ring (bicyclic) bond motifs is 1. The Morgan fingerprint density at radius 2 is 1.72 bits per heavy atom. The number of hydrogen-bond donors (Lipinski definition) is 2. The van der Waals surface area contributed by atoms with E-state index in [4.69, 9.17) is 5.73 Å². The van der Waals surface area contributed by atoms with Crippen LogP contribution in [0.4, 0.5) is 5.69 Å². The first-order valence-electron chi connectivity index (χ1n) is 8.85. The Morgan fingerprint density at radius 1 is 0.960 bits per heavy atom. The lowest BCUT2D eigenvalue weighted by molar-refractivity contribution is 0.411. The van der Waals surface area contributed by atoms with Crippen LogP contribution in [0.1, 0.15) is 25.7 Å². The van der Waals surface area contributed by atoms with Crippen LogP contribution >= 0.6 is 22.6 Å². The molecule has 0 saturated heterocycles. The van der Waals surface area contributed by atoms with Crippen molar-refractivity contribution < 1.29 is 0 Å². The highest BCUT2D eigenvalue weighted by Gasteiger charge is 2.19. The predicted octanol–water partition coefficient (Wildman–Crippen LogP) is 5.19. The molecule has 1 aliphatic carbocycles. The fraction of sp³-hybridized carbons (Fsp3) is 0.286. The van der Waals surface area contributed by atoms with Crippen LogP contribution < -0.4 is 11.1 Å². The van der Waals surface area contributed by atoms with Gasteiger partial charge in [-0.3, -0.25) is 4.98 Å². The van der Waals surface area contributed by atoms with Gasteiger partial charge in [0.25, 0.3) is 0 Å². The molecular formula is C21H22IN3. The minimum absolute atomic E-state index is 0.380. The summed E-state index contributed by atoms with van der Waals surface area (Å²) in [6.07, 6.45) is 8.46. The highest BCUT2D eigenvalue weighted by atomic mass is 127. The number of aromatic nitrogens is 1. The number of nitrogens with two attached hydrogens (primary N) is 1. The Labute approximate surface area is 162 Å². The zero-order valence-electron chi connectivity index (χ0n) is 14.1. The highest BCUT2D eigenvalue weighted by Crippen LogP contribution is 2.33.